The van der Waals surface area contributed by atoms with Gasteiger partial charge >= 0.3 is 0 Å². The second-order valence-corrected chi connectivity index (χ2v) is 7.96. The van der Waals surface area contributed by atoms with Crippen molar-refractivity contribution < 1.29 is 42.9 Å². The van der Waals surface area contributed by atoms with E-state index in [4.69, 9.17) is 18.9 Å². The molecule has 204 valence electrons. The molecule has 0 aromatic heterocycles. The van der Waals surface area contributed by atoms with Gasteiger partial charge in [0, 0.05) is 32.1 Å². The van der Waals surface area contributed by atoms with Crippen molar-refractivity contribution in [3.63, 3.8) is 0 Å². The number of nitrogens with one attached hydrogen (secondary N) is 2. The normalized spacial score (nSPS) is 13.4. The molecule has 0 radical (unpaired) electrons. The molecular formula is C25H35N3O9. The number of carbonyl (C=O) groups is 5. The summed E-state index contributed by atoms with van der Waals surface area (Å²) in [6.45, 7) is 3.62. The highest BCUT2D eigenvalue weighted by atomic mass is 16.6. The standard InChI is InChI=1S/C25H35N3O9/c1-26-22(31)7-6-19(18-30)28-24(32)20-4-2-5-21(23(20)25(28)33)27-8-11-35-13-15-37-17-16-36-14-12-34-10-3-9-29/h2,4-5,9,18-19,27H,3,6-8,10-17H2,1H3,(H,26,31). The molecule has 1 heterocycles. The lowest BCUT2D eigenvalue weighted by Gasteiger charge is -2.21. The molecule has 1 aromatic rings. The van der Waals surface area contributed by atoms with Crippen LogP contribution in [0.1, 0.15) is 40.0 Å². The van der Waals surface area contributed by atoms with E-state index < -0.39 is 17.9 Å². The number of hydrogen-bond donors (Lipinski definition) is 2. The fourth-order valence-corrected chi connectivity index (χ4v) is 3.57. The van der Waals surface area contributed by atoms with Gasteiger partial charge in [0.25, 0.3) is 11.8 Å². The summed E-state index contributed by atoms with van der Waals surface area (Å²) in [5.41, 5.74) is 0.893. The Morgan fingerprint density at radius 2 is 1.54 bits per heavy atom. The monoisotopic (exact) mass is 521 g/mol. The van der Waals surface area contributed by atoms with Crippen LogP contribution >= 0.6 is 0 Å². The second-order valence-electron chi connectivity index (χ2n) is 7.96. The number of rotatable bonds is 21. The van der Waals surface area contributed by atoms with Gasteiger partial charge in [0.2, 0.25) is 5.91 Å². The summed E-state index contributed by atoms with van der Waals surface area (Å²) in [4.78, 5) is 60.1. The molecule has 0 fully saturated rings. The molecule has 1 aliphatic heterocycles. The molecule has 37 heavy (non-hydrogen) atoms. The number of amides is 3. The zero-order valence-corrected chi connectivity index (χ0v) is 21.1. The van der Waals surface area contributed by atoms with Crippen LogP contribution in [0.4, 0.5) is 5.69 Å². The van der Waals surface area contributed by atoms with Gasteiger partial charge in [-0.05, 0) is 18.6 Å². The Hall–Kier alpha value is -3.19. The van der Waals surface area contributed by atoms with Gasteiger partial charge < -0.3 is 39.2 Å². The molecule has 1 aliphatic rings. The Labute approximate surface area is 215 Å². The van der Waals surface area contributed by atoms with E-state index in [-0.39, 0.29) is 29.9 Å². The first-order chi connectivity index (χ1) is 18.0. The highest BCUT2D eigenvalue weighted by molar-refractivity contribution is 6.24. The first kappa shape index (κ1) is 30.0. The third-order valence-electron chi connectivity index (χ3n) is 5.44. The van der Waals surface area contributed by atoms with Crippen LogP contribution in [0.2, 0.25) is 0 Å². The van der Waals surface area contributed by atoms with Gasteiger partial charge in [-0.3, -0.25) is 19.3 Å². The second kappa shape index (κ2) is 17.3. The number of imide groups is 1. The lowest BCUT2D eigenvalue weighted by molar-refractivity contribution is -0.121. The van der Waals surface area contributed by atoms with Gasteiger partial charge in [-0.2, -0.15) is 0 Å². The molecule has 1 atom stereocenters. The van der Waals surface area contributed by atoms with E-state index in [0.29, 0.717) is 77.8 Å². The molecule has 3 amide bonds. The number of fused-ring (bicyclic) bond motifs is 1. The number of hydrogen-bond acceptors (Lipinski definition) is 10. The Balaban J connectivity index is 1.68. The maximum atomic E-state index is 13.0. The Morgan fingerprint density at radius 3 is 2.14 bits per heavy atom. The minimum Gasteiger partial charge on any atom is -0.382 e. The van der Waals surface area contributed by atoms with Crippen LogP contribution in [0.15, 0.2) is 18.2 Å². The topological polar surface area (TPSA) is 150 Å². The van der Waals surface area contributed by atoms with E-state index >= 15 is 0 Å². The minimum absolute atomic E-state index is 0.0187. The van der Waals surface area contributed by atoms with Gasteiger partial charge in [0.05, 0.1) is 70.0 Å². The van der Waals surface area contributed by atoms with Crippen molar-refractivity contribution in [2.45, 2.75) is 25.3 Å². The summed E-state index contributed by atoms with van der Waals surface area (Å²) in [5.74, 6) is -1.40. The van der Waals surface area contributed by atoms with Gasteiger partial charge in [0.1, 0.15) is 12.6 Å². The van der Waals surface area contributed by atoms with Crippen molar-refractivity contribution in [1.82, 2.24) is 10.2 Å². The molecule has 0 saturated carbocycles. The van der Waals surface area contributed by atoms with Gasteiger partial charge in [-0.15, -0.1) is 0 Å². The third-order valence-corrected chi connectivity index (χ3v) is 5.44. The van der Waals surface area contributed by atoms with Crippen LogP contribution in [0.3, 0.4) is 0 Å². The van der Waals surface area contributed by atoms with Crippen LogP contribution in [0.5, 0.6) is 0 Å². The number of nitrogens with zero attached hydrogens (tertiary/aromatic N) is 1. The van der Waals surface area contributed by atoms with E-state index in [1.165, 1.54) is 7.05 Å². The smallest absolute Gasteiger partial charge is 0.264 e. The van der Waals surface area contributed by atoms with Crippen molar-refractivity contribution in [2.75, 3.05) is 71.8 Å². The van der Waals surface area contributed by atoms with E-state index in [1.807, 2.05) is 0 Å². The highest BCUT2D eigenvalue weighted by Crippen LogP contribution is 2.31. The molecule has 1 aromatic carbocycles. The predicted octanol–water partition coefficient (Wildman–Crippen LogP) is 0.444. The van der Waals surface area contributed by atoms with Crippen molar-refractivity contribution in [1.29, 1.82) is 0 Å². The van der Waals surface area contributed by atoms with Gasteiger partial charge in [0.15, 0.2) is 0 Å². The average Bonchev–Trinajstić information content (AvgIpc) is 3.17. The van der Waals surface area contributed by atoms with Crippen molar-refractivity contribution >= 4 is 36.0 Å². The first-order valence-corrected chi connectivity index (χ1v) is 12.2. The Kier molecular flexibility index (Phi) is 14.0. The van der Waals surface area contributed by atoms with Crippen molar-refractivity contribution in [3.05, 3.63) is 29.3 Å². The Morgan fingerprint density at radius 1 is 0.919 bits per heavy atom. The fourth-order valence-electron chi connectivity index (χ4n) is 3.57. The SMILES string of the molecule is CNC(=O)CCC(C=O)N1C(=O)c2cccc(NCCOCCOCCOCCOCCC=O)c2C1=O. The summed E-state index contributed by atoms with van der Waals surface area (Å²) in [7, 11) is 1.48. The van der Waals surface area contributed by atoms with Gasteiger partial charge in [-0.25, -0.2) is 0 Å². The maximum absolute atomic E-state index is 13.0. The zero-order valence-electron chi connectivity index (χ0n) is 21.1. The molecule has 2 rings (SSSR count). The van der Waals surface area contributed by atoms with Crippen LogP contribution in [0, 0.1) is 0 Å². The molecule has 0 spiro atoms. The van der Waals surface area contributed by atoms with E-state index in [1.54, 1.807) is 18.2 Å². The molecule has 0 bridgehead atoms. The highest BCUT2D eigenvalue weighted by Gasteiger charge is 2.41. The number of anilines is 1. The van der Waals surface area contributed by atoms with Crippen LogP contribution in [-0.2, 0) is 33.3 Å². The first-order valence-electron chi connectivity index (χ1n) is 12.2. The van der Waals surface area contributed by atoms with Crippen LogP contribution < -0.4 is 10.6 Å². The number of aldehydes is 2. The average molecular weight is 522 g/mol. The van der Waals surface area contributed by atoms with Crippen LogP contribution in [0.25, 0.3) is 0 Å². The molecule has 0 saturated heterocycles. The van der Waals surface area contributed by atoms with E-state index in [2.05, 4.69) is 10.6 Å². The van der Waals surface area contributed by atoms with Crippen molar-refractivity contribution in [2.24, 2.45) is 0 Å². The molecule has 1 unspecified atom stereocenters. The summed E-state index contributed by atoms with van der Waals surface area (Å²) in [6, 6.07) is 3.86. The largest absolute Gasteiger partial charge is 0.382 e. The van der Waals surface area contributed by atoms with Crippen LogP contribution in [-0.4, -0.2) is 108 Å². The lowest BCUT2D eigenvalue weighted by Crippen LogP contribution is -2.41. The predicted molar refractivity (Wildman–Crippen MR) is 133 cm³/mol. The third kappa shape index (κ3) is 9.65. The number of carbonyl (C=O) groups excluding carboxylic acids is 5. The summed E-state index contributed by atoms with van der Waals surface area (Å²) < 4.78 is 21.5. The number of benzene rings is 1. The molecule has 2 N–H and O–H groups in total. The quantitative estimate of drug-likeness (QED) is 0.133. The van der Waals surface area contributed by atoms with E-state index in [0.717, 1.165) is 11.2 Å². The minimum atomic E-state index is -1.02. The molecule has 0 aliphatic carbocycles. The summed E-state index contributed by atoms with van der Waals surface area (Å²) in [5, 5.41) is 5.56. The van der Waals surface area contributed by atoms with Gasteiger partial charge in [-0.1, -0.05) is 6.07 Å². The molecule has 12 heteroatoms. The molecule has 12 nitrogen and oxygen atoms in total. The molecular weight excluding hydrogens is 486 g/mol. The zero-order chi connectivity index (χ0) is 26.9. The summed E-state index contributed by atoms with van der Waals surface area (Å²) in [6.07, 6.45) is 1.78. The van der Waals surface area contributed by atoms with Crippen molar-refractivity contribution in [3.8, 4) is 0 Å². The fraction of sp³-hybridized carbons (Fsp3) is 0.560. The number of ether oxygens (including phenoxy) is 4. The maximum Gasteiger partial charge on any atom is 0.264 e. The lowest BCUT2D eigenvalue weighted by atomic mass is 10.1. The Bertz CT molecular complexity index is 909. The summed E-state index contributed by atoms with van der Waals surface area (Å²) >= 11 is 0. The van der Waals surface area contributed by atoms with E-state index in [9.17, 15) is 24.0 Å².